The Morgan fingerprint density at radius 1 is 1.57 bits per heavy atom. The molecule has 1 aromatic heterocycles. The Labute approximate surface area is 83.9 Å². The Balaban J connectivity index is 2.69. The van der Waals surface area contributed by atoms with Crippen LogP contribution >= 0.6 is 0 Å². The normalized spacial score (nSPS) is 10.3. The number of aliphatic hydroxyl groups excluding tert-OH is 1. The van der Waals surface area contributed by atoms with Crippen molar-refractivity contribution in [1.82, 2.24) is 4.98 Å². The van der Waals surface area contributed by atoms with Crippen LogP contribution in [0, 0.1) is 0 Å². The van der Waals surface area contributed by atoms with Crippen molar-refractivity contribution in [3.63, 3.8) is 0 Å². The van der Waals surface area contributed by atoms with Crippen molar-refractivity contribution in [3.05, 3.63) is 18.3 Å². The molecule has 0 amide bonds. The summed E-state index contributed by atoms with van der Waals surface area (Å²) in [5.41, 5.74) is 0.815. The molecule has 0 unspecified atom stereocenters. The molecule has 0 aromatic carbocycles. The van der Waals surface area contributed by atoms with Gasteiger partial charge < -0.3 is 15.2 Å². The van der Waals surface area contributed by atoms with Crippen molar-refractivity contribution in [2.24, 2.45) is 0 Å². The molecule has 1 rings (SSSR count). The molecule has 0 aliphatic heterocycles. The first-order valence-corrected chi connectivity index (χ1v) is 4.70. The number of pyridine rings is 1. The van der Waals surface area contributed by atoms with Crippen molar-refractivity contribution >= 4 is 5.69 Å². The Morgan fingerprint density at radius 2 is 2.36 bits per heavy atom. The molecule has 1 aromatic rings. The summed E-state index contributed by atoms with van der Waals surface area (Å²) in [5, 5.41) is 11.7. The molecule has 0 saturated heterocycles. The summed E-state index contributed by atoms with van der Waals surface area (Å²) in [6.45, 7) is 4.49. The van der Waals surface area contributed by atoms with E-state index in [2.05, 4.69) is 10.3 Å². The molecule has 0 radical (unpaired) electrons. The summed E-state index contributed by atoms with van der Waals surface area (Å²) >= 11 is 0. The Hall–Kier alpha value is -1.29. The fraction of sp³-hybridized carbons (Fsp3) is 0.500. The molecule has 0 aliphatic rings. The number of aliphatic hydroxyl groups is 1. The van der Waals surface area contributed by atoms with Gasteiger partial charge in [0.15, 0.2) is 0 Å². The third kappa shape index (κ3) is 3.22. The lowest BCUT2D eigenvalue weighted by Crippen LogP contribution is -2.11. The molecule has 4 nitrogen and oxygen atoms in total. The molecular weight excluding hydrogens is 180 g/mol. The second-order valence-electron chi connectivity index (χ2n) is 3.17. The Bertz CT molecular complexity index is 277. The van der Waals surface area contributed by atoms with E-state index in [9.17, 15) is 0 Å². The molecule has 14 heavy (non-hydrogen) atoms. The largest absolute Gasteiger partial charge is 0.473 e. The summed E-state index contributed by atoms with van der Waals surface area (Å²) in [4.78, 5) is 4.11. The first-order valence-electron chi connectivity index (χ1n) is 4.70. The van der Waals surface area contributed by atoms with E-state index in [1.165, 1.54) is 0 Å². The summed E-state index contributed by atoms with van der Waals surface area (Å²) in [5.74, 6) is 0.580. The summed E-state index contributed by atoms with van der Waals surface area (Å²) < 4.78 is 5.49. The number of ether oxygens (including phenoxy) is 1. The molecule has 4 heteroatoms. The quantitative estimate of drug-likeness (QED) is 0.744. The zero-order chi connectivity index (χ0) is 10.4. The standard InChI is InChI=1S/C10H16N2O2/c1-8(2)14-10-9(11-6-7-13)4-3-5-12-10/h3-5,8,11,13H,6-7H2,1-2H3. The smallest absolute Gasteiger partial charge is 0.237 e. The monoisotopic (exact) mass is 196 g/mol. The van der Waals surface area contributed by atoms with E-state index >= 15 is 0 Å². The SMILES string of the molecule is CC(C)Oc1ncccc1NCCO. The van der Waals surface area contributed by atoms with Gasteiger partial charge in [-0.05, 0) is 26.0 Å². The van der Waals surface area contributed by atoms with Crippen LogP contribution in [0.2, 0.25) is 0 Å². The molecule has 0 fully saturated rings. The first kappa shape index (κ1) is 10.8. The molecule has 78 valence electrons. The van der Waals surface area contributed by atoms with E-state index in [1.807, 2.05) is 26.0 Å². The van der Waals surface area contributed by atoms with Crippen molar-refractivity contribution in [2.75, 3.05) is 18.5 Å². The average Bonchev–Trinajstić information content (AvgIpc) is 2.16. The van der Waals surface area contributed by atoms with E-state index < -0.39 is 0 Å². The number of aromatic nitrogens is 1. The number of hydrogen-bond acceptors (Lipinski definition) is 4. The maximum Gasteiger partial charge on any atom is 0.237 e. The minimum atomic E-state index is 0.0933. The maximum atomic E-state index is 8.68. The Morgan fingerprint density at radius 3 is 3.00 bits per heavy atom. The highest BCUT2D eigenvalue weighted by atomic mass is 16.5. The zero-order valence-electron chi connectivity index (χ0n) is 8.53. The van der Waals surface area contributed by atoms with E-state index in [0.717, 1.165) is 5.69 Å². The van der Waals surface area contributed by atoms with Gasteiger partial charge >= 0.3 is 0 Å². The van der Waals surface area contributed by atoms with Crippen LogP contribution in [0.4, 0.5) is 5.69 Å². The number of nitrogens with one attached hydrogen (secondary N) is 1. The predicted molar refractivity (Wildman–Crippen MR) is 55.6 cm³/mol. The van der Waals surface area contributed by atoms with Gasteiger partial charge in [0.2, 0.25) is 5.88 Å². The molecule has 0 bridgehead atoms. The average molecular weight is 196 g/mol. The molecule has 0 atom stereocenters. The van der Waals surface area contributed by atoms with Crippen LogP contribution in [0.3, 0.4) is 0 Å². The van der Waals surface area contributed by atoms with Gasteiger partial charge in [0.05, 0.1) is 18.4 Å². The fourth-order valence-electron chi connectivity index (χ4n) is 1.03. The van der Waals surface area contributed by atoms with Crippen molar-refractivity contribution in [1.29, 1.82) is 0 Å². The van der Waals surface area contributed by atoms with Gasteiger partial charge in [-0.3, -0.25) is 0 Å². The highest BCUT2D eigenvalue weighted by Crippen LogP contribution is 2.20. The highest BCUT2D eigenvalue weighted by molar-refractivity contribution is 5.51. The van der Waals surface area contributed by atoms with Gasteiger partial charge in [0.25, 0.3) is 0 Å². The third-order valence-electron chi connectivity index (χ3n) is 1.55. The number of hydrogen-bond donors (Lipinski definition) is 2. The summed E-state index contributed by atoms with van der Waals surface area (Å²) in [6, 6.07) is 3.70. The minimum absolute atomic E-state index is 0.0933. The molecule has 0 saturated carbocycles. The van der Waals surface area contributed by atoms with Crippen molar-refractivity contribution < 1.29 is 9.84 Å². The summed E-state index contributed by atoms with van der Waals surface area (Å²) in [7, 11) is 0. The lowest BCUT2D eigenvalue weighted by molar-refractivity contribution is 0.234. The lowest BCUT2D eigenvalue weighted by Gasteiger charge is -2.13. The zero-order valence-corrected chi connectivity index (χ0v) is 8.53. The van der Waals surface area contributed by atoms with Crippen molar-refractivity contribution in [3.8, 4) is 5.88 Å². The maximum absolute atomic E-state index is 8.68. The minimum Gasteiger partial charge on any atom is -0.473 e. The van der Waals surface area contributed by atoms with Crippen LogP contribution in [0.25, 0.3) is 0 Å². The van der Waals surface area contributed by atoms with E-state index in [-0.39, 0.29) is 12.7 Å². The summed E-state index contributed by atoms with van der Waals surface area (Å²) in [6.07, 6.45) is 1.78. The lowest BCUT2D eigenvalue weighted by atomic mass is 10.4. The highest BCUT2D eigenvalue weighted by Gasteiger charge is 2.04. The van der Waals surface area contributed by atoms with Crippen LogP contribution in [0.15, 0.2) is 18.3 Å². The van der Waals surface area contributed by atoms with Crippen LogP contribution in [0.5, 0.6) is 5.88 Å². The van der Waals surface area contributed by atoms with Crippen LogP contribution in [0.1, 0.15) is 13.8 Å². The van der Waals surface area contributed by atoms with Gasteiger partial charge in [0.1, 0.15) is 0 Å². The van der Waals surface area contributed by atoms with Crippen LogP contribution in [-0.4, -0.2) is 29.3 Å². The van der Waals surface area contributed by atoms with Crippen LogP contribution in [-0.2, 0) is 0 Å². The van der Waals surface area contributed by atoms with E-state index in [1.54, 1.807) is 6.20 Å². The fourth-order valence-corrected chi connectivity index (χ4v) is 1.03. The van der Waals surface area contributed by atoms with Gasteiger partial charge in [-0.2, -0.15) is 0 Å². The molecule has 1 heterocycles. The van der Waals surface area contributed by atoms with E-state index in [0.29, 0.717) is 12.4 Å². The number of anilines is 1. The molecule has 0 aliphatic carbocycles. The second-order valence-corrected chi connectivity index (χ2v) is 3.17. The van der Waals surface area contributed by atoms with Crippen molar-refractivity contribution in [2.45, 2.75) is 20.0 Å². The predicted octanol–water partition coefficient (Wildman–Crippen LogP) is 1.27. The van der Waals surface area contributed by atoms with Gasteiger partial charge in [-0.25, -0.2) is 4.98 Å². The molecule has 2 N–H and O–H groups in total. The molecular formula is C10H16N2O2. The Kier molecular flexibility index (Phi) is 4.19. The van der Waals surface area contributed by atoms with E-state index in [4.69, 9.17) is 9.84 Å². The van der Waals surface area contributed by atoms with Crippen LogP contribution < -0.4 is 10.1 Å². The molecule has 0 spiro atoms. The third-order valence-corrected chi connectivity index (χ3v) is 1.55. The van der Waals surface area contributed by atoms with Gasteiger partial charge in [-0.1, -0.05) is 0 Å². The van der Waals surface area contributed by atoms with Gasteiger partial charge in [-0.15, -0.1) is 0 Å². The number of rotatable bonds is 5. The van der Waals surface area contributed by atoms with Gasteiger partial charge in [0, 0.05) is 12.7 Å². The second kappa shape index (κ2) is 5.44. The number of nitrogens with zero attached hydrogens (tertiary/aromatic N) is 1. The first-order chi connectivity index (χ1) is 6.74. The topological polar surface area (TPSA) is 54.4 Å².